The molecule has 0 aliphatic heterocycles. The van der Waals surface area contributed by atoms with Crippen molar-refractivity contribution in [3.63, 3.8) is 0 Å². The lowest BCUT2D eigenvalue weighted by molar-refractivity contribution is 0.309. The van der Waals surface area contributed by atoms with Gasteiger partial charge in [0, 0.05) is 7.05 Å². The lowest BCUT2D eigenvalue weighted by Crippen LogP contribution is -1.98. The van der Waals surface area contributed by atoms with Crippen molar-refractivity contribution in [1.29, 1.82) is 0 Å². The van der Waals surface area contributed by atoms with Crippen LogP contribution in [0.4, 0.5) is 4.39 Å². The maximum atomic E-state index is 12.3. The highest BCUT2D eigenvalue weighted by Gasteiger charge is 2.02. The number of halogens is 1. The Hall–Kier alpha value is -1.06. The van der Waals surface area contributed by atoms with Crippen LogP contribution in [0.25, 0.3) is 0 Å². The molecule has 0 fully saturated rings. The molecule has 1 rings (SSSR count). The SMILES string of the molecule is CCOc1cc(F)nn1C. The van der Waals surface area contributed by atoms with E-state index >= 15 is 0 Å². The summed E-state index contributed by atoms with van der Waals surface area (Å²) in [7, 11) is 1.63. The summed E-state index contributed by atoms with van der Waals surface area (Å²) in [6.07, 6.45) is 0. The first-order chi connectivity index (χ1) is 4.74. The topological polar surface area (TPSA) is 27.1 Å². The Morgan fingerprint density at radius 1 is 1.80 bits per heavy atom. The van der Waals surface area contributed by atoms with E-state index < -0.39 is 5.95 Å². The van der Waals surface area contributed by atoms with Gasteiger partial charge in [0.2, 0.25) is 11.8 Å². The normalized spacial score (nSPS) is 9.90. The molecule has 10 heavy (non-hydrogen) atoms. The van der Waals surface area contributed by atoms with Gasteiger partial charge in [0.05, 0.1) is 12.7 Å². The van der Waals surface area contributed by atoms with Crippen molar-refractivity contribution in [2.75, 3.05) is 6.61 Å². The summed E-state index contributed by atoms with van der Waals surface area (Å²) in [6.45, 7) is 2.36. The number of aryl methyl sites for hydroxylation is 1. The molecule has 0 saturated heterocycles. The predicted octanol–water partition coefficient (Wildman–Crippen LogP) is 0.958. The number of nitrogens with zero attached hydrogens (tertiary/aromatic N) is 2. The fraction of sp³-hybridized carbons (Fsp3) is 0.500. The van der Waals surface area contributed by atoms with Crippen LogP contribution in [0.1, 0.15) is 6.92 Å². The van der Waals surface area contributed by atoms with Crippen molar-refractivity contribution < 1.29 is 9.13 Å². The van der Waals surface area contributed by atoms with Crippen LogP contribution in [0, 0.1) is 5.95 Å². The molecule has 0 N–H and O–H groups in total. The second kappa shape index (κ2) is 2.68. The minimum atomic E-state index is -0.508. The van der Waals surface area contributed by atoms with Crippen LogP contribution in [0.5, 0.6) is 5.88 Å². The van der Waals surface area contributed by atoms with E-state index in [0.717, 1.165) is 0 Å². The zero-order valence-electron chi connectivity index (χ0n) is 5.97. The minimum Gasteiger partial charge on any atom is -0.478 e. The van der Waals surface area contributed by atoms with Crippen LogP contribution >= 0.6 is 0 Å². The Bertz CT molecular complexity index is 222. The van der Waals surface area contributed by atoms with Gasteiger partial charge >= 0.3 is 0 Å². The summed E-state index contributed by atoms with van der Waals surface area (Å²) in [4.78, 5) is 0. The second-order valence-electron chi connectivity index (χ2n) is 1.86. The summed E-state index contributed by atoms with van der Waals surface area (Å²) in [5.74, 6) is -0.0500. The number of hydrogen-bond acceptors (Lipinski definition) is 2. The van der Waals surface area contributed by atoms with Crippen molar-refractivity contribution in [2.45, 2.75) is 6.92 Å². The highest BCUT2D eigenvalue weighted by molar-refractivity contribution is 5.08. The van der Waals surface area contributed by atoms with Gasteiger partial charge in [-0.25, -0.2) is 4.68 Å². The van der Waals surface area contributed by atoms with E-state index in [-0.39, 0.29) is 0 Å². The Balaban J connectivity index is 2.81. The smallest absolute Gasteiger partial charge is 0.236 e. The Morgan fingerprint density at radius 2 is 2.50 bits per heavy atom. The first kappa shape index (κ1) is 7.05. The van der Waals surface area contributed by atoms with E-state index in [9.17, 15) is 4.39 Å². The van der Waals surface area contributed by atoms with E-state index in [2.05, 4.69) is 5.10 Å². The van der Waals surface area contributed by atoms with Crippen LogP contribution in [0.15, 0.2) is 6.07 Å². The van der Waals surface area contributed by atoms with Crippen LogP contribution in [-0.4, -0.2) is 16.4 Å². The van der Waals surface area contributed by atoms with Gasteiger partial charge in [-0.1, -0.05) is 0 Å². The summed E-state index contributed by atoms with van der Waals surface area (Å²) >= 11 is 0. The fourth-order valence-electron chi connectivity index (χ4n) is 0.700. The zero-order valence-corrected chi connectivity index (χ0v) is 5.97. The molecule has 0 amide bonds. The highest BCUT2D eigenvalue weighted by atomic mass is 19.1. The molecule has 56 valence electrons. The molecule has 1 heterocycles. The molecule has 1 aromatic rings. The monoisotopic (exact) mass is 144 g/mol. The number of hydrogen-bond donors (Lipinski definition) is 0. The molecule has 0 unspecified atom stereocenters. The lowest BCUT2D eigenvalue weighted by Gasteiger charge is -1.99. The van der Waals surface area contributed by atoms with E-state index in [1.807, 2.05) is 6.92 Å². The van der Waals surface area contributed by atoms with E-state index in [1.54, 1.807) is 7.05 Å². The summed E-state index contributed by atoms with van der Waals surface area (Å²) in [6, 6.07) is 1.25. The third-order valence-corrected chi connectivity index (χ3v) is 1.10. The second-order valence-corrected chi connectivity index (χ2v) is 1.86. The quantitative estimate of drug-likeness (QED) is 0.618. The fourth-order valence-corrected chi connectivity index (χ4v) is 0.700. The van der Waals surface area contributed by atoms with E-state index in [0.29, 0.717) is 12.5 Å². The molecular weight excluding hydrogens is 135 g/mol. The predicted molar refractivity (Wildman–Crippen MR) is 34.3 cm³/mol. The molecular formula is C6H9FN2O. The third-order valence-electron chi connectivity index (χ3n) is 1.10. The van der Waals surface area contributed by atoms with Crippen LogP contribution < -0.4 is 4.74 Å². The molecule has 1 aromatic heterocycles. The number of ether oxygens (including phenoxy) is 1. The van der Waals surface area contributed by atoms with Gasteiger partial charge in [-0.05, 0) is 6.92 Å². The Labute approximate surface area is 58.4 Å². The molecule has 0 aliphatic carbocycles. The van der Waals surface area contributed by atoms with Gasteiger partial charge in [0.25, 0.3) is 0 Å². The van der Waals surface area contributed by atoms with E-state index in [4.69, 9.17) is 4.74 Å². The van der Waals surface area contributed by atoms with Crippen molar-refractivity contribution in [3.8, 4) is 5.88 Å². The molecule has 0 aromatic carbocycles. The van der Waals surface area contributed by atoms with Crippen LogP contribution in [-0.2, 0) is 7.05 Å². The van der Waals surface area contributed by atoms with Gasteiger partial charge < -0.3 is 4.74 Å². The van der Waals surface area contributed by atoms with Crippen molar-refractivity contribution in [2.24, 2.45) is 7.05 Å². The first-order valence-electron chi connectivity index (χ1n) is 3.06. The molecule has 0 atom stereocenters. The Kier molecular flexibility index (Phi) is 1.89. The maximum absolute atomic E-state index is 12.3. The molecule has 0 bridgehead atoms. The standard InChI is InChI=1S/C6H9FN2O/c1-3-10-6-4-5(7)8-9(6)2/h4H,3H2,1-2H3. The van der Waals surface area contributed by atoms with Gasteiger partial charge in [-0.3, -0.25) is 0 Å². The van der Waals surface area contributed by atoms with Gasteiger partial charge in [-0.15, -0.1) is 5.10 Å². The van der Waals surface area contributed by atoms with Crippen molar-refractivity contribution >= 4 is 0 Å². The van der Waals surface area contributed by atoms with Crippen LogP contribution in [0.3, 0.4) is 0 Å². The maximum Gasteiger partial charge on any atom is 0.236 e. The Morgan fingerprint density at radius 3 is 2.90 bits per heavy atom. The van der Waals surface area contributed by atoms with E-state index in [1.165, 1.54) is 10.7 Å². The molecule has 0 saturated carbocycles. The third kappa shape index (κ3) is 1.26. The molecule has 0 radical (unpaired) electrons. The van der Waals surface area contributed by atoms with Crippen molar-refractivity contribution in [1.82, 2.24) is 9.78 Å². The molecule has 3 nitrogen and oxygen atoms in total. The zero-order chi connectivity index (χ0) is 7.56. The number of aromatic nitrogens is 2. The van der Waals surface area contributed by atoms with Gasteiger partial charge in [-0.2, -0.15) is 4.39 Å². The molecule has 0 spiro atoms. The summed E-state index contributed by atoms with van der Waals surface area (Å²) < 4.78 is 18.7. The summed E-state index contributed by atoms with van der Waals surface area (Å²) in [5.41, 5.74) is 0. The van der Waals surface area contributed by atoms with Gasteiger partial charge in [0.15, 0.2) is 0 Å². The van der Waals surface area contributed by atoms with Crippen LogP contribution in [0.2, 0.25) is 0 Å². The molecule has 4 heteroatoms. The largest absolute Gasteiger partial charge is 0.478 e. The van der Waals surface area contributed by atoms with Gasteiger partial charge in [0.1, 0.15) is 0 Å². The lowest BCUT2D eigenvalue weighted by atomic mass is 10.6. The summed E-state index contributed by atoms with van der Waals surface area (Å²) in [5, 5.41) is 3.45. The molecule has 0 aliphatic rings. The highest BCUT2D eigenvalue weighted by Crippen LogP contribution is 2.09. The first-order valence-corrected chi connectivity index (χ1v) is 3.06. The minimum absolute atomic E-state index is 0.458. The average molecular weight is 144 g/mol. The average Bonchev–Trinajstić information content (AvgIpc) is 2.13. The number of rotatable bonds is 2. The van der Waals surface area contributed by atoms with Crippen molar-refractivity contribution in [3.05, 3.63) is 12.0 Å².